The molecule has 0 aliphatic carbocycles. The van der Waals surface area contributed by atoms with Crippen molar-refractivity contribution in [3.05, 3.63) is 118 Å². The van der Waals surface area contributed by atoms with Gasteiger partial charge in [-0.2, -0.15) is 0 Å². The van der Waals surface area contributed by atoms with Crippen LogP contribution in [0.25, 0.3) is 35.1 Å². The summed E-state index contributed by atoms with van der Waals surface area (Å²) in [6, 6.07) is 27.6. The molecule has 0 fully saturated rings. The van der Waals surface area contributed by atoms with Gasteiger partial charge < -0.3 is 0 Å². The predicted molar refractivity (Wildman–Crippen MR) is 125 cm³/mol. The molecule has 0 bridgehead atoms. The standard InChI is InChI=1S/C28H20O2/c29-19-23-11-7-21(8-12-23)15-17-26-5-1-3-25-4-2-6-27(28(25)26)18-16-22-9-13-24(20-30)14-10-22/h1-20H/b17-15-,18-16-. The summed E-state index contributed by atoms with van der Waals surface area (Å²) in [4.78, 5) is 21.7. The smallest absolute Gasteiger partial charge is 0.150 e. The van der Waals surface area contributed by atoms with Crippen LogP contribution in [0.1, 0.15) is 43.0 Å². The summed E-state index contributed by atoms with van der Waals surface area (Å²) in [6.45, 7) is 0. The van der Waals surface area contributed by atoms with E-state index in [1.807, 2.05) is 48.5 Å². The van der Waals surface area contributed by atoms with Crippen molar-refractivity contribution in [2.75, 3.05) is 0 Å². The van der Waals surface area contributed by atoms with Crippen LogP contribution >= 0.6 is 0 Å². The normalized spacial score (nSPS) is 11.3. The Hall–Kier alpha value is -4.04. The molecule has 0 saturated heterocycles. The lowest BCUT2D eigenvalue weighted by Gasteiger charge is -2.07. The van der Waals surface area contributed by atoms with Crippen molar-refractivity contribution < 1.29 is 9.59 Å². The predicted octanol–water partition coefficient (Wildman–Crippen LogP) is 6.81. The van der Waals surface area contributed by atoms with Crippen molar-refractivity contribution in [3.8, 4) is 0 Å². The molecule has 2 heteroatoms. The molecular weight excluding hydrogens is 368 g/mol. The van der Waals surface area contributed by atoms with E-state index in [1.54, 1.807) is 0 Å². The van der Waals surface area contributed by atoms with Gasteiger partial charge in [0.15, 0.2) is 0 Å². The summed E-state index contributed by atoms with van der Waals surface area (Å²) in [5, 5.41) is 2.36. The molecule has 4 aromatic rings. The number of hydrogen-bond acceptors (Lipinski definition) is 2. The van der Waals surface area contributed by atoms with Crippen LogP contribution in [-0.2, 0) is 0 Å². The lowest BCUT2D eigenvalue weighted by atomic mass is 9.97. The molecule has 2 nitrogen and oxygen atoms in total. The molecule has 4 rings (SSSR count). The first-order chi connectivity index (χ1) is 14.8. The summed E-state index contributed by atoms with van der Waals surface area (Å²) >= 11 is 0. The van der Waals surface area contributed by atoms with Crippen molar-refractivity contribution in [1.82, 2.24) is 0 Å². The summed E-state index contributed by atoms with van der Waals surface area (Å²) in [7, 11) is 0. The van der Waals surface area contributed by atoms with Crippen LogP contribution in [0.4, 0.5) is 0 Å². The molecule has 0 atom stereocenters. The Morgan fingerprint density at radius 1 is 0.433 bits per heavy atom. The van der Waals surface area contributed by atoms with Gasteiger partial charge in [0.2, 0.25) is 0 Å². The Kier molecular flexibility index (Phi) is 5.77. The molecule has 0 aliphatic heterocycles. The molecule has 4 aromatic carbocycles. The van der Waals surface area contributed by atoms with E-state index in [0.29, 0.717) is 11.1 Å². The van der Waals surface area contributed by atoms with E-state index < -0.39 is 0 Å². The molecule has 0 radical (unpaired) electrons. The van der Waals surface area contributed by atoms with Gasteiger partial charge in [-0.25, -0.2) is 0 Å². The summed E-state index contributed by atoms with van der Waals surface area (Å²) < 4.78 is 0. The van der Waals surface area contributed by atoms with Gasteiger partial charge in [0.1, 0.15) is 12.6 Å². The number of carbonyl (C=O) groups excluding carboxylic acids is 2. The maximum Gasteiger partial charge on any atom is 0.150 e. The largest absolute Gasteiger partial charge is 0.298 e. The summed E-state index contributed by atoms with van der Waals surface area (Å²) in [5.74, 6) is 0. The van der Waals surface area contributed by atoms with Crippen molar-refractivity contribution in [2.45, 2.75) is 0 Å². The van der Waals surface area contributed by atoms with Crippen molar-refractivity contribution >= 4 is 47.6 Å². The van der Waals surface area contributed by atoms with Crippen molar-refractivity contribution in [2.24, 2.45) is 0 Å². The van der Waals surface area contributed by atoms with Crippen LogP contribution in [0.3, 0.4) is 0 Å². The second-order valence-corrected chi connectivity index (χ2v) is 7.03. The number of aldehydes is 2. The van der Waals surface area contributed by atoms with Gasteiger partial charge in [0.25, 0.3) is 0 Å². The molecule has 0 aliphatic rings. The fraction of sp³-hybridized carbons (Fsp3) is 0. The highest BCUT2D eigenvalue weighted by Gasteiger charge is 2.03. The van der Waals surface area contributed by atoms with Gasteiger partial charge in [-0.3, -0.25) is 9.59 Å². The van der Waals surface area contributed by atoms with Crippen LogP contribution < -0.4 is 0 Å². The molecule has 0 N–H and O–H groups in total. The fourth-order valence-corrected chi connectivity index (χ4v) is 3.42. The Morgan fingerprint density at radius 2 is 0.833 bits per heavy atom. The van der Waals surface area contributed by atoms with Gasteiger partial charge in [-0.05, 0) is 33.0 Å². The maximum atomic E-state index is 10.8. The number of fused-ring (bicyclic) bond motifs is 1. The quantitative estimate of drug-likeness (QED) is 0.269. The molecular formula is C28H20O2. The lowest BCUT2D eigenvalue weighted by molar-refractivity contribution is 0.111. The van der Waals surface area contributed by atoms with Crippen LogP contribution in [0, 0.1) is 0 Å². The minimum atomic E-state index is 0.672. The second kappa shape index (κ2) is 8.97. The molecule has 30 heavy (non-hydrogen) atoms. The van der Waals surface area contributed by atoms with Gasteiger partial charge in [-0.1, -0.05) is 109 Å². The SMILES string of the molecule is O=Cc1ccc(/C=C\c2cccc3cccc(/C=C\c4ccc(C=O)cc4)c23)cc1. The highest BCUT2D eigenvalue weighted by molar-refractivity contribution is 6.00. The lowest BCUT2D eigenvalue weighted by Crippen LogP contribution is -1.84. The zero-order valence-corrected chi connectivity index (χ0v) is 16.4. The zero-order valence-electron chi connectivity index (χ0n) is 16.4. The monoisotopic (exact) mass is 388 g/mol. The Morgan fingerprint density at radius 3 is 1.23 bits per heavy atom. The first kappa shape index (κ1) is 19.3. The summed E-state index contributed by atoms with van der Waals surface area (Å²) in [5.41, 5.74) is 5.69. The molecule has 144 valence electrons. The van der Waals surface area contributed by atoms with Crippen LogP contribution in [0.5, 0.6) is 0 Å². The van der Waals surface area contributed by atoms with Crippen LogP contribution in [-0.4, -0.2) is 12.6 Å². The van der Waals surface area contributed by atoms with E-state index in [-0.39, 0.29) is 0 Å². The number of carbonyl (C=O) groups is 2. The number of hydrogen-bond donors (Lipinski definition) is 0. The highest BCUT2D eigenvalue weighted by atomic mass is 16.1. The highest BCUT2D eigenvalue weighted by Crippen LogP contribution is 2.26. The third-order valence-corrected chi connectivity index (χ3v) is 5.02. The van der Waals surface area contributed by atoms with Gasteiger partial charge in [0, 0.05) is 11.1 Å². The Labute approximate surface area is 175 Å². The number of rotatable bonds is 6. The van der Waals surface area contributed by atoms with Gasteiger partial charge in [0.05, 0.1) is 0 Å². The second-order valence-electron chi connectivity index (χ2n) is 7.03. The summed E-state index contributed by atoms with van der Waals surface area (Å²) in [6.07, 6.45) is 10.0. The molecule has 0 amide bonds. The van der Waals surface area contributed by atoms with E-state index >= 15 is 0 Å². The third-order valence-electron chi connectivity index (χ3n) is 5.02. The van der Waals surface area contributed by atoms with E-state index in [9.17, 15) is 9.59 Å². The van der Waals surface area contributed by atoms with Crippen LogP contribution in [0.15, 0.2) is 84.9 Å². The van der Waals surface area contributed by atoms with Crippen molar-refractivity contribution in [3.63, 3.8) is 0 Å². The van der Waals surface area contributed by atoms with Gasteiger partial charge in [-0.15, -0.1) is 0 Å². The van der Waals surface area contributed by atoms with Crippen molar-refractivity contribution in [1.29, 1.82) is 0 Å². The minimum Gasteiger partial charge on any atom is -0.298 e. The molecule has 0 aromatic heterocycles. The van der Waals surface area contributed by atoms with Crippen LogP contribution in [0.2, 0.25) is 0 Å². The minimum absolute atomic E-state index is 0.672. The van der Waals surface area contributed by atoms with E-state index in [2.05, 4.69) is 60.7 Å². The van der Waals surface area contributed by atoms with E-state index in [1.165, 1.54) is 10.8 Å². The average Bonchev–Trinajstić information content (AvgIpc) is 2.82. The maximum absolute atomic E-state index is 10.8. The molecule has 0 spiro atoms. The Balaban J connectivity index is 1.70. The third kappa shape index (κ3) is 4.34. The Bertz CT molecular complexity index is 1150. The van der Waals surface area contributed by atoms with E-state index in [0.717, 1.165) is 34.8 Å². The number of benzene rings is 4. The zero-order chi connectivity index (χ0) is 20.8. The topological polar surface area (TPSA) is 34.1 Å². The average molecular weight is 388 g/mol. The molecule has 0 saturated carbocycles. The fourth-order valence-electron chi connectivity index (χ4n) is 3.42. The van der Waals surface area contributed by atoms with Gasteiger partial charge >= 0.3 is 0 Å². The molecule has 0 heterocycles. The first-order valence-corrected chi connectivity index (χ1v) is 9.75. The first-order valence-electron chi connectivity index (χ1n) is 9.75. The van der Waals surface area contributed by atoms with E-state index in [4.69, 9.17) is 0 Å². The molecule has 0 unspecified atom stereocenters.